The summed E-state index contributed by atoms with van der Waals surface area (Å²) in [5.74, 6) is -2.61. The van der Waals surface area contributed by atoms with Gasteiger partial charge in [-0.15, -0.1) is 0 Å². The first-order valence-corrected chi connectivity index (χ1v) is 8.48. The summed E-state index contributed by atoms with van der Waals surface area (Å²) in [6, 6.07) is 11.3. The highest BCUT2D eigenvalue weighted by Crippen LogP contribution is 2.14. The highest BCUT2D eigenvalue weighted by Gasteiger charge is 2.19. The molecule has 0 fully saturated rings. The summed E-state index contributed by atoms with van der Waals surface area (Å²) >= 11 is 0. The van der Waals surface area contributed by atoms with Crippen LogP contribution in [0.3, 0.4) is 0 Å². The fourth-order valence-electron chi connectivity index (χ4n) is 2.11. The summed E-state index contributed by atoms with van der Waals surface area (Å²) in [5.41, 5.74) is 0.562. The molecule has 0 aliphatic rings. The lowest BCUT2D eigenvalue weighted by Gasteiger charge is -2.14. The van der Waals surface area contributed by atoms with Gasteiger partial charge in [-0.25, -0.2) is 0 Å². The van der Waals surface area contributed by atoms with Crippen LogP contribution in [0.2, 0.25) is 0 Å². The Morgan fingerprint density at radius 2 is 1.86 bits per heavy atom. The van der Waals surface area contributed by atoms with Crippen molar-refractivity contribution in [1.82, 2.24) is 10.6 Å². The van der Waals surface area contributed by atoms with Crippen molar-refractivity contribution in [2.75, 3.05) is 18.4 Å². The van der Waals surface area contributed by atoms with Crippen LogP contribution < -0.4 is 16.0 Å². The Morgan fingerprint density at radius 3 is 2.55 bits per heavy atom. The molecule has 0 bridgehead atoms. The summed E-state index contributed by atoms with van der Waals surface area (Å²) in [5, 5.41) is 16.1. The predicted octanol–water partition coefficient (Wildman–Crippen LogP) is 0.568. The number of nitrogens with zero attached hydrogens (tertiary/aromatic N) is 1. The van der Waals surface area contributed by atoms with Gasteiger partial charge in [0.2, 0.25) is 5.91 Å². The van der Waals surface area contributed by atoms with Crippen molar-refractivity contribution in [2.45, 2.75) is 13.0 Å². The first kappa shape index (κ1) is 21.2. The summed E-state index contributed by atoms with van der Waals surface area (Å²) < 4.78 is 9.82. The molecule has 2 rings (SSSR count). The molecule has 3 amide bonds. The molecule has 3 N–H and O–H groups in total. The first-order chi connectivity index (χ1) is 13.9. The first-order valence-electron chi connectivity index (χ1n) is 8.48. The van der Waals surface area contributed by atoms with E-state index in [4.69, 9.17) is 14.4 Å². The van der Waals surface area contributed by atoms with Crippen LogP contribution in [-0.4, -0.2) is 42.9 Å². The Hall–Kier alpha value is -4.13. The molecule has 2 aromatic rings. The van der Waals surface area contributed by atoms with Crippen LogP contribution in [0.4, 0.5) is 5.69 Å². The van der Waals surface area contributed by atoms with E-state index in [0.29, 0.717) is 5.69 Å². The number of furan rings is 1. The number of amides is 3. The summed E-state index contributed by atoms with van der Waals surface area (Å²) in [6.45, 7) is 0.503. The van der Waals surface area contributed by atoms with E-state index in [1.165, 1.54) is 31.4 Å². The fraction of sp³-hybridized carbons (Fsp3) is 0.211. The second-order valence-corrected chi connectivity index (χ2v) is 5.72. The van der Waals surface area contributed by atoms with E-state index in [-0.39, 0.29) is 17.9 Å². The Labute approximate surface area is 165 Å². The van der Waals surface area contributed by atoms with Crippen molar-refractivity contribution in [2.24, 2.45) is 0 Å². The van der Waals surface area contributed by atoms with Crippen molar-refractivity contribution in [3.63, 3.8) is 0 Å². The Kier molecular flexibility index (Phi) is 7.50. The average Bonchev–Trinajstić information content (AvgIpc) is 3.25. The number of esters is 1. The van der Waals surface area contributed by atoms with Crippen molar-refractivity contribution in [3.05, 3.63) is 54.0 Å². The number of hydrogen-bond donors (Lipinski definition) is 3. The van der Waals surface area contributed by atoms with Gasteiger partial charge < -0.3 is 25.1 Å². The Balaban J connectivity index is 1.72. The minimum absolute atomic E-state index is 0.0509. The average molecular weight is 398 g/mol. The number of carbonyl (C=O) groups excluding carboxylic acids is 4. The van der Waals surface area contributed by atoms with E-state index >= 15 is 0 Å². The van der Waals surface area contributed by atoms with Crippen LogP contribution in [0.5, 0.6) is 0 Å². The van der Waals surface area contributed by atoms with E-state index in [1.807, 2.05) is 6.07 Å². The number of ether oxygens (including phenoxy) is 1. The zero-order chi connectivity index (χ0) is 21.2. The number of benzene rings is 1. The third-order valence-corrected chi connectivity index (χ3v) is 3.57. The highest BCUT2D eigenvalue weighted by atomic mass is 16.5. The zero-order valence-electron chi connectivity index (χ0n) is 15.4. The number of rotatable bonds is 8. The normalized spacial score (nSPS) is 10.9. The molecule has 0 aliphatic carbocycles. The van der Waals surface area contributed by atoms with Crippen LogP contribution in [0.15, 0.2) is 47.1 Å². The maximum Gasteiger partial charge on any atom is 0.326 e. The van der Waals surface area contributed by atoms with Crippen LogP contribution >= 0.6 is 0 Å². The van der Waals surface area contributed by atoms with Crippen LogP contribution in [0.1, 0.15) is 23.0 Å². The predicted molar refractivity (Wildman–Crippen MR) is 99.4 cm³/mol. The highest BCUT2D eigenvalue weighted by molar-refractivity contribution is 5.97. The zero-order valence-corrected chi connectivity index (χ0v) is 15.4. The van der Waals surface area contributed by atoms with Gasteiger partial charge in [0.25, 0.3) is 11.8 Å². The van der Waals surface area contributed by atoms with Gasteiger partial charge >= 0.3 is 5.97 Å². The van der Waals surface area contributed by atoms with E-state index in [2.05, 4.69) is 16.0 Å². The molecule has 0 saturated carbocycles. The van der Waals surface area contributed by atoms with E-state index in [1.54, 1.807) is 18.2 Å². The van der Waals surface area contributed by atoms with Gasteiger partial charge in [0.05, 0.1) is 24.1 Å². The minimum Gasteiger partial charge on any atom is -0.459 e. The summed E-state index contributed by atoms with van der Waals surface area (Å²) in [6.07, 6.45) is 0.172. The number of nitriles is 1. The largest absolute Gasteiger partial charge is 0.459 e. The lowest BCUT2D eigenvalue weighted by molar-refractivity contribution is -0.152. The molecule has 1 atom stereocenters. The molecule has 0 saturated heterocycles. The molecular weight excluding hydrogens is 380 g/mol. The smallest absolute Gasteiger partial charge is 0.326 e. The maximum atomic E-state index is 12.1. The molecule has 0 aliphatic heterocycles. The van der Waals surface area contributed by atoms with Crippen LogP contribution in [-0.2, 0) is 19.1 Å². The quantitative estimate of drug-likeness (QED) is 0.550. The second kappa shape index (κ2) is 10.3. The number of anilines is 1. The summed E-state index contributed by atoms with van der Waals surface area (Å²) in [7, 11) is 0. The molecule has 1 aromatic carbocycles. The standard InChI is InChI=1S/C19H18N4O6/c1-12(18(26)23-14-6-3-2-5-13(14)9-20)29-17(25)11-21-16(24)10-22-19(27)15-7-4-8-28-15/h2-8,12H,10-11H2,1H3,(H,21,24)(H,22,27)(H,23,26)/t12-/m1/s1. The molecule has 0 spiro atoms. The SMILES string of the molecule is C[C@@H](OC(=O)CNC(=O)CNC(=O)c1ccco1)C(=O)Nc1ccccc1C#N. The number of hydrogen-bond acceptors (Lipinski definition) is 7. The molecule has 10 heteroatoms. The van der Waals surface area contributed by atoms with Crippen LogP contribution in [0.25, 0.3) is 0 Å². The van der Waals surface area contributed by atoms with Gasteiger partial charge in [-0.05, 0) is 31.2 Å². The van der Waals surface area contributed by atoms with Gasteiger partial charge in [0.1, 0.15) is 12.6 Å². The van der Waals surface area contributed by atoms with Crippen molar-refractivity contribution in [3.8, 4) is 6.07 Å². The number of para-hydroxylation sites is 1. The van der Waals surface area contributed by atoms with Crippen LogP contribution in [0, 0.1) is 11.3 Å². The molecule has 0 radical (unpaired) electrons. The van der Waals surface area contributed by atoms with E-state index < -0.39 is 36.3 Å². The lowest BCUT2D eigenvalue weighted by Crippen LogP contribution is -2.40. The monoisotopic (exact) mass is 398 g/mol. The maximum absolute atomic E-state index is 12.1. The molecular formula is C19H18N4O6. The summed E-state index contributed by atoms with van der Waals surface area (Å²) in [4.78, 5) is 47.2. The molecule has 1 heterocycles. The molecule has 10 nitrogen and oxygen atoms in total. The number of carbonyl (C=O) groups is 4. The van der Waals surface area contributed by atoms with Gasteiger partial charge in [-0.2, -0.15) is 5.26 Å². The molecule has 150 valence electrons. The lowest BCUT2D eigenvalue weighted by atomic mass is 10.2. The van der Waals surface area contributed by atoms with E-state index in [0.717, 1.165) is 0 Å². The minimum atomic E-state index is -1.15. The van der Waals surface area contributed by atoms with Gasteiger partial charge in [-0.1, -0.05) is 12.1 Å². The van der Waals surface area contributed by atoms with Gasteiger partial charge in [0.15, 0.2) is 11.9 Å². The molecule has 29 heavy (non-hydrogen) atoms. The second-order valence-electron chi connectivity index (χ2n) is 5.72. The van der Waals surface area contributed by atoms with E-state index in [9.17, 15) is 19.2 Å². The van der Waals surface area contributed by atoms with Crippen molar-refractivity contribution >= 4 is 29.4 Å². The third kappa shape index (κ3) is 6.51. The molecule has 0 unspecified atom stereocenters. The van der Waals surface area contributed by atoms with Gasteiger partial charge in [0, 0.05) is 0 Å². The van der Waals surface area contributed by atoms with Crippen molar-refractivity contribution in [1.29, 1.82) is 5.26 Å². The Morgan fingerprint density at radius 1 is 1.10 bits per heavy atom. The topological polar surface area (TPSA) is 151 Å². The molecule has 1 aromatic heterocycles. The Bertz CT molecular complexity index is 932. The van der Waals surface area contributed by atoms with Gasteiger partial charge in [-0.3, -0.25) is 19.2 Å². The van der Waals surface area contributed by atoms with Crippen molar-refractivity contribution < 1.29 is 28.3 Å². The third-order valence-electron chi connectivity index (χ3n) is 3.57. The number of nitrogens with one attached hydrogen (secondary N) is 3. The fourth-order valence-corrected chi connectivity index (χ4v) is 2.11.